The van der Waals surface area contributed by atoms with Gasteiger partial charge in [0.25, 0.3) is 0 Å². The van der Waals surface area contributed by atoms with Crippen molar-refractivity contribution in [3.8, 4) is 0 Å². The Hall–Kier alpha value is -1.97. The van der Waals surface area contributed by atoms with Crippen molar-refractivity contribution in [2.75, 3.05) is 0 Å². The summed E-state index contributed by atoms with van der Waals surface area (Å²) in [5.41, 5.74) is 1.94. The summed E-state index contributed by atoms with van der Waals surface area (Å²) < 4.78 is 1.75. The summed E-state index contributed by atoms with van der Waals surface area (Å²) >= 11 is 0. The molecule has 0 saturated heterocycles. The second kappa shape index (κ2) is 5.39. The number of hydrogen-bond donors (Lipinski definition) is 0. The largest absolute Gasteiger partial charge is 0.299 e. The van der Waals surface area contributed by atoms with Gasteiger partial charge in [0.1, 0.15) is 5.78 Å². The van der Waals surface area contributed by atoms with Gasteiger partial charge in [0.15, 0.2) is 0 Å². The molecule has 0 aromatic carbocycles. The second-order valence-corrected chi connectivity index (χ2v) is 4.06. The molecule has 2 aromatic heterocycles. The predicted molar refractivity (Wildman–Crippen MR) is 64.5 cm³/mol. The first-order valence-corrected chi connectivity index (χ1v) is 5.63. The molecule has 0 saturated carbocycles. The minimum Gasteiger partial charge on any atom is -0.299 e. The summed E-state index contributed by atoms with van der Waals surface area (Å²) in [7, 11) is 1.87. The highest BCUT2D eigenvalue weighted by atomic mass is 16.1. The van der Waals surface area contributed by atoms with Crippen molar-refractivity contribution >= 4 is 5.78 Å². The number of ketones is 1. The molecular weight excluding hydrogens is 214 g/mol. The Kier molecular flexibility index (Phi) is 3.65. The zero-order valence-electron chi connectivity index (χ0n) is 9.84. The highest BCUT2D eigenvalue weighted by Gasteiger charge is 2.05. The quantitative estimate of drug-likeness (QED) is 0.781. The van der Waals surface area contributed by atoms with Gasteiger partial charge in [-0.15, -0.1) is 0 Å². The molecule has 2 rings (SSSR count). The van der Waals surface area contributed by atoms with Gasteiger partial charge in [-0.3, -0.25) is 14.5 Å². The van der Waals surface area contributed by atoms with Gasteiger partial charge >= 0.3 is 0 Å². The molecule has 0 aliphatic carbocycles. The molecule has 0 amide bonds. The Morgan fingerprint density at radius 1 is 1.41 bits per heavy atom. The van der Waals surface area contributed by atoms with Crippen LogP contribution in [-0.4, -0.2) is 20.5 Å². The standard InChI is InChI=1S/C13H15N3O/c1-16-10-11(9-15-16)5-6-13(17)8-12-4-2-3-7-14-12/h2-4,7,9-10H,5-6,8H2,1H3. The fourth-order valence-corrected chi connectivity index (χ4v) is 1.68. The zero-order valence-corrected chi connectivity index (χ0v) is 9.84. The van der Waals surface area contributed by atoms with E-state index in [2.05, 4.69) is 10.1 Å². The van der Waals surface area contributed by atoms with Gasteiger partial charge in [-0.2, -0.15) is 5.10 Å². The van der Waals surface area contributed by atoms with E-state index >= 15 is 0 Å². The lowest BCUT2D eigenvalue weighted by molar-refractivity contribution is -0.118. The van der Waals surface area contributed by atoms with Gasteiger partial charge in [0.2, 0.25) is 0 Å². The van der Waals surface area contributed by atoms with Crippen LogP contribution in [0.3, 0.4) is 0 Å². The highest BCUT2D eigenvalue weighted by Crippen LogP contribution is 2.04. The maximum atomic E-state index is 11.7. The van der Waals surface area contributed by atoms with E-state index in [-0.39, 0.29) is 5.78 Å². The van der Waals surface area contributed by atoms with E-state index in [0.29, 0.717) is 12.8 Å². The molecular formula is C13H15N3O. The van der Waals surface area contributed by atoms with E-state index < -0.39 is 0 Å². The number of carbonyl (C=O) groups excluding carboxylic acids is 1. The molecule has 88 valence electrons. The lowest BCUT2D eigenvalue weighted by Gasteiger charge is -1.99. The Labute approximate surface area is 100 Å². The number of rotatable bonds is 5. The first kappa shape index (κ1) is 11.5. The van der Waals surface area contributed by atoms with E-state index in [9.17, 15) is 4.79 Å². The predicted octanol–water partition coefficient (Wildman–Crippen LogP) is 1.56. The molecule has 17 heavy (non-hydrogen) atoms. The van der Waals surface area contributed by atoms with Crippen LogP contribution in [0.5, 0.6) is 0 Å². The number of pyridine rings is 1. The summed E-state index contributed by atoms with van der Waals surface area (Å²) in [4.78, 5) is 15.9. The second-order valence-electron chi connectivity index (χ2n) is 4.06. The lowest BCUT2D eigenvalue weighted by atomic mass is 10.1. The lowest BCUT2D eigenvalue weighted by Crippen LogP contribution is -2.05. The van der Waals surface area contributed by atoms with Crippen LogP contribution in [0.2, 0.25) is 0 Å². The highest BCUT2D eigenvalue weighted by molar-refractivity contribution is 5.80. The van der Waals surface area contributed by atoms with Gasteiger partial charge in [-0.25, -0.2) is 0 Å². The molecule has 2 heterocycles. The van der Waals surface area contributed by atoms with Crippen molar-refractivity contribution < 1.29 is 4.79 Å². The summed E-state index contributed by atoms with van der Waals surface area (Å²) in [6.07, 6.45) is 7.16. The maximum absolute atomic E-state index is 11.7. The number of aromatic nitrogens is 3. The monoisotopic (exact) mass is 229 g/mol. The third-order valence-electron chi connectivity index (χ3n) is 2.56. The van der Waals surface area contributed by atoms with E-state index in [0.717, 1.165) is 17.7 Å². The SMILES string of the molecule is Cn1cc(CCC(=O)Cc2ccccn2)cn1. The molecule has 0 unspecified atom stereocenters. The molecule has 0 N–H and O–H groups in total. The fourth-order valence-electron chi connectivity index (χ4n) is 1.68. The van der Waals surface area contributed by atoms with Crippen molar-refractivity contribution in [2.24, 2.45) is 7.05 Å². The van der Waals surface area contributed by atoms with Gasteiger partial charge in [0, 0.05) is 38.0 Å². The van der Waals surface area contributed by atoms with E-state index in [1.165, 1.54) is 0 Å². The Balaban J connectivity index is 1.82. The first-order valence-electron chi connectivity index (χ1n) is 5.63. The van der Waals surface area contributed by atoms with E-state index in [4.69, 9.17) is 0 Å². The molecule has 4 heteroatoms. The molecule has 0 aliphatic heterocycles. The zero-order chi connectivity index (χ0) is 12.1. The Morgan fingerprint density at radius 3 is 2.94 bits per heavy atom. The van der Waals surface area contributed by atoms with Crippen LogP contribution in [0.25, 0.3) is 0 Å². The molecule has 0 radical (unpaired) electrons. The summed E-state index contributed by atoms with van der Waals surface area (Å²) in [5.74, 6) is 0.215. The van der Waals surface area contributed by atoms with Crippen LogP contribution in [0, 0.1) is 0 Å². The minimum atomic E-state index is 0.215. The summed E-state index contributed by atoms with van der Waals surface area (Å²) in [6, 6.07) is 5.63. The van der Waals surface area contributed by atoms with Crippen LogP contribution in [0.1, 0.15) is 17.7 Å². The normalized spacial score (nSPS) is 10.4. The maximum Gasteiger partial charge on any atom is 0.139 e. The van der Waals surface area contributed by atoms with Crippen LogP contribution < -0.4 is 0 Å². The van der Waals surface area contributed by atoms with Crippen LogP contribution in [0.4, 0.5) is 0 Å². The molecule has 4 nitrogen and oxygen atoms in total. The first-order chi connectivity index (χ1) is 8.24. The number of nitrogens with zero attached hydrogens (tertiary/aromatic N) is 3. The van der Waals surface area contributed by atoms with Crippen molar-refractivity contribution in [3.05, 3.63) is 48.0 Å². The van der Waals surface area contributed by atoms with Gasteiger partial charge in [0.05, 0.1) is 6.20 Å². The third kappa shape index (κ3) is 3.52. The summed E-state index contributed by atoms with van der Waals surface area (Å²) in [6.45, 7) is 0. The van der Waals surface area contributed by atoms with Gasteiger partial charge < -0.3 is 0 Å². The Morgan fingerprint density at radius 2 is 2.29 bits per heavy atom. The Bertz CT molecular complexity index is 490. The van der Waals surface area contributed by atoms with Crippen LogP contribution in [0.15, 0.2) is 36.8 Å². The third-order valence-corrected chi connectivity index (χ3v) is 2.56. The van der Waals surface area contributed by atoms with Crippen molar-refractivity contribution in [2.45, 2.75) is 19.3 Å². The number of hydrogen-bond acceptors (Lipinski definition) is 3. The van der Waals surface area contributed by atoms with Crippen molar-refractivity contribution in [1.29, 1.82) is 0 Å². The molecule has 0 aliphatic rings. The smallest absolute Gasteiger partial charge is 0.139 e. The van der Waals surface area contributed by atoms with Crippen LogP contribution in [-0.2, 0) is 24.7 Å². The molecule has 0 bridgehead atoms. The topological polar surface area (TPSA) is 47.8 Å². The number of Topliss-reactive ketones (excluding diaryl/α,β-unsaturated/α-hetero) is 1. The van der Waals surface area contributed by atoms with E-state index in [1.807, 2.05) is 31.4 Å². The average molecular weight is 229 g/mol. The van der Waals surface area contributed by atoms with Gasteiger partial charge in [-0.1, -0.05) is 6.07 Å². The minimum absolute atomic E-state index is 0.215. The number of carbonyl (C=O) groups is 1. The van der Waals surface area contributed by atoms with Crippen LogP contribution >= 0.6 is 0 Å². The summed E-state index contributed by atoms with van der Waals surface area (Å²) in [5, 5.41) is 4.07. The van der Waals surface area contributed by atoms with E-state index in [1.54, 1.807) is 17.1 Å². The van der Waals surface area contributed by atoms with Crippen molar-refractivity contribution in [3.63, 3.8) is 0 Å². The van der Waals surface area contributed by atoms with Crippen molar-refractivity contribution in [1.82, 2.24) is 14.8 Å². The van der Waals surface area contributed by atoms with Gasteiger partial charge in [-0.05, 0) is 24.1 Å². The average Bonchev–Trinajstić information content (AvgIpc) is 2.74. The molecule has 2 aromatic rings. The fraction of sp³-hybridized carbons (Fsp3) is 0.308. The number of aryl methyl sites for hydroxylation is 2. The molecule has 0 atom stereocenters. The molecule has 0 fully saturated rings. The molecule has 0 spiro atoms.